The van der Waals surface area contributed by atoms with E-state index in [1.807, 2.05) is 18.2 Å². The van der Waals surface area contributed by atoms with Gasteiger partial charge in [0.15, 0.2) is 0 Å². The maximum absolute atomic E-state index is 5.50. The van der Waals surface area contributed by atoms with E-state index in [0.29, 0.717) is 6.04 Å². The molecule has 1 saturated heterocycles. The lowest BCUT2D eigenvalue weighted by Gasteiger charge is -2.34. The van der Waals surface area contributed by atoms with Crippen LogP contribution in [0, 0.1) is 0 Å². The van der Waals surface area contributed by atoms with E-state index < -0.39 is 0 Å². The third kappa shape index (κ3) is 3.36. The van der Waals surface area contributed by atoms with Gasteiger partial charge in [-0.3, -0.25) is 0 Å². The van der Waals surface area contributed by atoms with Crippen LogP contribution in [-0.4, -0.2) is 24.3 Å². The third-order valence-electron chi connectivity index (χ3n) is 4.58. The topological polar surface area (TPSA) is 54.4 Å². The SMILES string of the molecule is c1cc(-c2ccco2)cc(N2CCC(NCc3ccon3)CC2)c1. The molecule has 0 aliphatic carbocycles. The van der Waals surface area contributed by atoms with Gasteiger partial charge in [0.05, 0.1) is 12.0 Å². The van der Waals surface area contributed by atoms with Gasteiger partial charge in [-0.2, -0.15) is 0 Å². The summed E-state index contributed by atoms with van der Waals surface area (Å²) in [6, 6.07) is 14.9. The quantitative estimate of drug-likeness (QED) is 0.776. The Morgan fingerprint density at radius 1 is 1.08 bits per heavy atom. The molecule has 0 bridgehead atoms. The molecule has 4 rings (SSSR count). The van der Waals surface area contributed by atoms with E-state index >= 15 is 0 Å². The van der Waals surface area contributed by atoms with E-state index in [2.05, 4.69) is 39.6 Å². The summed E-state index contributed by atoms with van der Waals surface area (Å²) in [5, 5.41) is 7.51. The summed E-state index contributed by atoms with van der Waals surface area (Å²) in [5.41, 5.74) is 3.35. The molecule has 0 atom stereocenters. The minimum Gasteiger partial charge on any atom is -0.464 e. The molecular weight excluding hydrogens is 302 g/mol. The average molecular weight is 323 g/mol. The number of hydrogen-bond acceptors (Lipinski definition) is 5. The smallest absolute Gasteiger partial charge is 0.133 e. The van der Waals surface area contributed by atoms with Gasteiger partial charge < -0.3 is 19.2 Å². The molecule has 0 radical (unpaired) electrons. The Kier molecular flexibility index (Phi) is 4.34. The van der Waals surface area contributed by atoms with E-state index in [9.17, 15) is 0 Å². The summed E-state index contributed by atoms with van der Waals surface area (Å²) < 4.78 is 10.4. The predicted octanol–water partition coefficient (Wildman–Crippen LogP) is 3.69. The van der Waals surface area contributed by atoms with Gasteiger partial charge >= 0.3 is 0 Å². The number of aromatic nitrogens is 1. The van der Waals surface area contributed by atoms with Crippen molar-refractivity contribution in [2.24, 2.45) is 0 Å². The summed E-state index contributed by atoms with van der Waals surface area (Å²) in [5.74, 6) is 0.918. The highest BCUT2D eigenvalue weighted by atomic mass is 16.5. The maximum atomic E-state index is 5.50. The fraction of sp³-hybridized carbons (Fsp3) is 0.316. The van der Waals surface area contributed by atoms with Crippen LogP contribution in [0.1, 0.15) is 18.5 Å². The molecular formula is C19H21N3O2. The lowest BCUT2D eigenvalue weighted by Crippen LogP contribution is -2.42. The highest BCUT2D eigenvalue weighted by Gasteiger charge is 2.19. The molecule has 1 N–H and O–H groups in total. The second kappa shape index (κ2) is 6.93. The van der Waals surface area contributed by atoms with Gasteiger partial charge in [-0.1, -0.05) is 17.3 Å². The molecule has 1 aliphatic heterocycles. The van der Waals surface area contributed by atoms with Gasteiger partial charge in [-0.25, -0.2) is 0 Å². The van der Waals surface area contributed by atoms with Crippen molar-refractivity contribution in [1.82, 2.24) is 10.5 Å². The molecule has 0 amide bonds. The lowest BCUT2D eigenvalue weighted by molar-refractivity contribution is 0.387. The summed E-state index contributed by atoms with van der Waals surface area (Å²) in [7, 11) is 0. The molecule has 1 aliphatic rings. The number of benzene rings is 1. The second-order valence-corrected chi connectivity index (χ2v) is 6.16. The van der Waals surface area contributed by atoms with Crippen LogP contribution in [0.3, 0.4) is 0 Å². The predicted molar refractivity (Wildman–Crippen MR) is 92.7 cm³/mol. The number of piperidine rings is 1. The zero-order valence-corrected chi connectivity index (χ0v) is 13.5. The molecule has 3 aromatic rings. The Labute approximate surface area is 141 Å². The van der Waals surface area contributed by atoms with Gasteiger partial charge in [-0.05, 0) is 37.1 Å². The van der Waals surface area contributed by atoms with E-state index in [1.165, 1.54) is 5.69 Å². The Balaban J connectivity index is 1.35. The van der Waals surface area contributed by atoms with E-state index in [1.54, 1.807) is 12.5 Å². The minimum atomic E-state index is 0.534. The molecule has 0 spiro atoms. The zero-order chi connectivity index (χ0) is 16.2. The monoisotopic (exact) mass is 323 g/mol. The summed E-state index contributed by atoms with van der Waals surface area (Å²) in [6.07, 6.45) is 5.59. The highest BCUT2D eigenvalue weighted by molar-refractivity contribution is 5.64. The molecule has 5 heteroatoms. The number of hydrogen-bond donors (Lipinski definition) is 1. The van der Waals surface area contributed by atoms with Crippen molar-refractivity contribution in [3.63, 3.8) is 0 Å². The Morgan fingerprint density at radius 3 is 2.75 bits per heavy atom. The molecule has 24 heavy (non-hydrogen) atoms. The zero-order valence-electron chi connectivity index (χ0n) is 13.5. The summed E-state index contributed by atoms with van der Waals surface area (Å²) in [6.45, 7) is 2.88. The van der Waals surface area contributed by atoms with Crippen molar-refractivity contribution >= 4 is 5.69 Å². The van der Waals surface area contributed by atoms with E-state index in [4.69, 9.17) is 8.94 Å². The van der Waals surface area contributed by atoms with Crippen molar-refractivity contribution in [3.05, 3.63) is 60.7 Å². The normalized spacial score (nSPS) is 15.8. The van der Waals surface area contributed by atoms with Crippen molar-refractivity contribution in [1.29, 1.82) is 0 Å². The third-order valence-corrected chi connectivity index (χ3v) is 4.58. The highest BCUT2D eigenvalue weighted by Crippen LogP contribution is 2.27. The summed E-state index contributed by atoms with van der Waals surface area (Å²) in [4.78, 5) is 2.45. The van der Waals surface area contributed by atoms with E-state index in [-0.39, 0.29) is 0 Å². The van der Waals surface area contributed by atoms with Crippen molar-refractivity contribution in [2.75, 3.05) is 18.0 Å². The number of nitrogens with one attached hydrogen (secondary N) is 1. The van der Waals surface area contributed by atoms with Gasteiger partial charge in [0, 0.05) is 43.0 Å². The minimum absolute atomic E-state index is 0.534. The van der Waals surface area contributed by atoms with Crippen LogP contribution in [0.2, 0.25) is 0 Å². The van der Waals surface area contributed by atoms with Crippen LogP contribution < -0.4 is 10.2 Å². The summed E-state index contributed by atoms with van der Waals surface area (Å²) >= 11 is 0. The van der Waals surface area contributed by atoms with Crippen molar-refractivity contribution in [3.8, 4) is 11.3 Å². The first-order valence-corrected chi connectivity index (χ1v) is 8.40. The Bertz CT molecular complexity index is 745. The average Bonchev–Trinajstić information content (AvgIpc) is 3.34. The first kappa shape index (κ1) is 15.0. The number of rotatable bonds is 5. The van der Waals surface area contributed by atoms with Crippen LogP contribution >= 0.6 is 0 Å². The first-order valence-electron chi connectivity index (χ1n) is 8.40. The molecule has 1 aromatic carbocycles. The van der Waals surface area contributed by atoms with Crippen molar-refractivity contribution in [2.45, 2.75) is 25.4 Å². The standard InChI is InChI=1S/C19H21N3O2/c1-3-15(19-5-2-11-23-19)13-18(4-1)22-9-6-16(7-10-22)20-14-17-8-12-24-21-17/h1-5,8,11-13,16,20H,6-7,9-10,14H2. The van der Waals surface area contributed by atoms with Gasteiger partial charge in [-0.15, -0.1) is 0 Å². The lowest BCUT2D eigenvalue weighted by atomic mass is 10.0. The Morgan fingerprint density at radius 2 is 2.00 bits per heavy atom. The maximum Gasteiger partial charge on any atom is 0.133 e. The fourth-order valence-electron chi connectivity index (χ4n) is 3.22. The molecule has 3 heterocycles. The number of anilines is 1. The van der Waals surface area contributed by atoms with Gasteiger partial charge in [0.2, 0.25) is 0 Å². The Hall–Kier alpha value is -2.53. The first-order chi connectivity index (χ1) is 11.9. The molecule has 5 nitrogen and oxygen atoms in total. The largest absolute Gasteiger partial charge is 0.464 e. The van der Waals surface area contributed by atoms with Crippen LogP contribution in [0.5, 0.6) is 0 Å². The van der Waals surface area contributed by atoms with Crippen LogP contribution in [0.25, 0.3) is 11.3 Å². The molecule has 0 saturated carbocycles. The van der Waals surface area contributed by atoms with Crippen molar-refractivity contribution < 1.29 is 8.94 Å². The van der Waals surface area contributed by atoms with Crippen LogP contribution in [0.4, 0.5) is 5.69 Å². The molecule has 1 fully saturated rings. The van der Waals surface area contributed by atoms with Gasteiger partial charge in [0.1, 0.15) is 12.0 Å². The second-order valence-electron chi connectivity index (χ2n) is 6.16. The molecule has 2 aromatic heterocycles. The van der Waals surface area contributed by atoms with Crippen LogP contribution in [0.15, 0.2) is 63.9 Å². The number of furan rings is 1. The molecule has 124 valence electrons. The molecule has 0 unspecified atom stereocenters. The van der Waals surface area contributed by atoms with Gasteiger partial charge in [0.25, 0.3) is 0 Å². The number of nitrogens with zero attached hydrogens (tertiary/aromatic N) is 2. The van der Waals surface area contributed by atoms with Crippen LogP contribution in [-0.2, 0) is 6.54 Å². The van der Waals surface area contributed by atoms with E-state index in [0.717, 1.165) is 49.5 Å². The fourth-order valence-corrected chi connectivity index (χ4v) is 3.22.